The third-order valence-electron chi connectivity index (χ3n) is 2.01. The lowest BCUT2D eigenvalue weighted by Crippen LogP contribution is -2.40. The highest BCUT2D eigenvalue weighted by molar-refractivity contribution is 5.97. The van der Waals surface area contributed by atoms with Gasteiger partial charge >= 0.3 is 5.97 Å². The molecular weight excluding hydrogens is 200 g/mol. The van der Waals surface area contributed by atoms with Gasteiger partial charge in [0.2, 0.25) is 0 Å². The van der Waals surface area contributed by atoms with Gasteiger partial charge in [-0.2, -0.15) is 0 Å². The lowest BCUT2D eigenvalue weighted by Gasteiger charge is -2.10. The van der Waals surface area contributed by atoms with E-state index in [-0.39, 0.29) is 5.56 Å². The predicted octanol–water partition coefficient (Wildman–Crippen LogP) is 0.576. The van der Waals surface area contributed by atoms with Gasteiger partial charge in [0.05, 0.1) is 6.20 Å². The summed E-state index contributed by atoms with van der Waals surface area (Å²) in [6.45, 7) is 3.27. The van der Waals surface area contributed by atoms with Gasteiger partial charge in [0.25, 0.3) is 5.91 Å². The van der Waals surface area contributed by atoms with Gasteiger partial charge in [0, 0.05) is 0 Å². The predicted molar refractivity (Wildman–Crippen MR) is 50.4 cm³/mol. The molecule has 0 aliphatic rings. The van der Waals surface area contributed by atoms with Crippen molar-refractivity contribution in [3.63, 3.8) is 0 Å². The molecule has 1 amide bonds. The zero-order valence-electron chi connectivity index (χ0n) is 8.48. The van der Waals surface area contributed by atoms with E-state index in [4.69, 9.17) is 9.63 Å². The Labute approximate surface area is 86.3 Å². The topological polar surface area (TPSA) is 92.4 Å². The van der Waals surface area contributed by atoms with Crippen molar-refractivity contribution in [1.29, 1.82) is 0 Å². The number of carbonyl (C=O) groups excluding carboxylic acids is 1. The van der Waals surface area contributed by atoms with Gasteiger partial charge in [0.15, 0.2) is 0 Å². The number of amides is 1. The van der Waals surface area contributed by atoms with E-state index in [1.165, 1.54) is 6.20 Å². The summed E-state index contributed by atoms with van der Waals surface area (Å²) >= 11 is 0. The van der Waals surface area contributed by atoms with E-state index < -0.39 is 17.9 Å². The van der Waals surface area contributed by atoms with Crippen LogP contribution < -0.4 is 5.32 Å². The quantitative estimate of drug-likeness (QED) is 0.761. The van der Waals surface area contributed by atoms with Crippen LogP contribution in [0.2, 0.25) is 0 Å². The molecule has 1 atom stereocenters. The van der Waals surface area contributed by atoms with Crippen molar-refractivity contribution in [2.45, 2.75) is 26.3 Å². The fourth-order valence-corrected chi connectivity index (χ4v) is 1.09. The van der Waals surface area contributed by atoms with Gasteiger partial charge in [0.1, 0.15) is 17.4 Å². The van der Waals surface area contributed by atoms with Crippen molar-refractivity contribution >= 4 is 11.9 Å². The Morgan fingerprint density at radius 2 is 2.33 bits per heavy atom. The second-order valence-corrected chi connectivity index (χ2v) is 3.07. The Kier molecular flexibility index (Phi) is 3.43. The molecule has 0 saturated heterocycles. The maximum Gasteiger partial charge on any atom is 0.326 e. The summed E-state index contributed by atoms with van der Waals surface area (Å²) in [5, 5.41) is 14.5. The van der Waals surface area contributed by atoms with Crippen LogP contribution in [0.5, 0.6) is 0 Å². The highest BCUT2D eigenvalue weighted by atomic mass is 16.5. The lowest BCUT2D eigenvalue weighted by atomic mass is 10.2. The van der Waals surface area contributed by atoms with Crippen molar-refractivity contribution in [3.05, 3.63) is 17.5 Å². The second-order valence-electron chi connectivity index (χ2n) is 3.07. The Balaban J connectivity index is 2.71. The maximum atomic E-state index is 11.5. The van der Waals surface area contributed by atoms with Crippen molar-refractivity contribution in [3.8, 4) is 0 Å². The summed E-state index contributed by atoms with van der Waals surface area (Å²) in [6, 6.07) is -0.883. The lowest BCUT2D eigenvalue weighted by molar-refractivity contribution is -0.139. The average molecular weight is 212 g/mol. The van der Waals surface area contributed by atoms with Crippen LogP contribution in [0.15, 0.2) is 10.7 Å². The molecule has 1 heterocycles. The molecule has 0 spiro atoms. The number of hydrogen-bond acceptors (Lipinski definition) is 4. The van der Waals surface area contributed by atoms with E-state index in [9.17, 15) is 9.59 Å². The summed E-state index contributed by atoms with van der Waals surface area (Å²) in [5.74, 6) is -1.17. The molecule has 6 nitrogen and oxygen atoms in total. The van der Waals surface area contributed by atoms with E-state index in [1.54, 1.807) is 13.8 Å². The Bertz CT molecular complexity index is 372. The molecule has 15 heavy (non-hydrogen) atoms. The number of carboxylic acids is 1. The molecule has 0 aliphatic heterocycles. The smallest absolute Gasteiger partial charge is 0.326 e. The monoisotopic (exact) mass is 212 g/mol. The van der Waals surface area contributed by atoms with Crippen LogP contribution in [0.3, 0.4) is 0 Å². The average Bonchev–Trinajstić information content (AvgIpc) is 2.60. The van der Waals surface area contributed by atoms with Crippen LogP contribution in [-0.2, 0) is 4.79 Å². The minimum atomic E-state index is -1.06. The van der Waals surface area contributed by atoms with Crippen LogP contribution in [0, 0.1) is 6.92 Å². The Hall–Kier alpha value is -1.85. The van der Waals surface area contributed by atoms with Gasteiger partial charge in [-0.25, -0.2) is 4.79 Å². The molecule has 0 saturated carbocycles. The van der Waals surface area contributed by atoms with E-state index in [0.717, 1.165) is 0 Å². The van der Waals surface area contributed by atoms with Crippen molar-refractivity contribution in [2.24, 2.45) is 0 Å². The molecule has 6 heteroatoms. The SMILES string of the molecule is CC[C@H](NC(=O)c1cnoc1C)C(=O)O. The normalized spacial score (nSPS) is 12.1. The maximum absolute atomic E-state index is 11.5. The fraction of sp³-hybridized carbons (Fsp3) is 0.444. The first-order chi connectivity index (χ1) is 7.06. The minimum Gasteiger partial charge on any atom is -0.480 e. The second kappa shape index (κ2) is 4.59. The first kappa shape index (κ1) is 11.2. The Morgan fingerprint density at radius 3 is 2.73 bits per heavy atom. The van der Waals surface area contributed by atoms with Crippen molar-refractivity contribution in [1.82, 2.24) is 10.5 Å². The van der Waals surface area contributed by atoms with E-state index >= 15 is 0 Å². The molecule has 2 N–H and O–H groups in total. The van der Waals surface area contributed by atoms with E-state index in [0.29, 0.717) is 12.2 Å². The molecule has 82 valence electrons. The van der Waals surface area contributed by atoms with Crippen LogP contribution in [-0.4, -0.2) is 28.2 Å². The van der Waals surface area contributed by atoms with Crippen molar-refractivity contribution in [2.75, 3.05) is 0 Å². The first-order valence-electron chi connectivity index (χ1n) is 4.51. The van der Waals surface area contributed by atoms with Gasteiger partial charge in [-0.3, -0.25) is 4.79 Å². The van der Waals surface area contributed by atoms with Gasteiger partial charge in [-0.1, -0.05) is 12.1 Å². The summed E-state index contributed by atoms with van der Waals surface area (Å²) in [5.41, 5.74) is 0.259. The van der Waals surface area contributed by atoms with Crippen LogP contribution in [0.4, 0.5) is 0 Å². The number of carbonyl (C=O) groups is 2. The third-order valence-corrected chi connectivity index (χ3v) is 2.01. The standard InChI is InChI=1S/C9H12N2O4/c1-3-7(9(13)14)11-8(12)6-4-10-15-5(6)2/h4,7H,3H2,1-2H3,(H,11,12)(H,13,14)/t7-/m0/s1. The number of aliphatic carboxylic acids is 1. The summed E-state index contributed by atoms with van der Waals surface area (Å²) in [4.78, 5) is 22.2. The van der Waals surface area contributed by atoms with Gasteiger partial charge in [-0.15, -0.1) is 0 Å². The van der Waals surface area contributed by atoms with Gasteiger partial charge in [-0.05, 0) is 13.3 Å². The minimum absolute atomic E-state index is 0.259. The number of nitrogens with one attached hydrogen (secondary N) is 1. The molecular formula is C9H12N2O4. The highest BCUT2D eigenvalue weighted by Crippen LogP contribution is 2.06. The molecule has 0 aliphatic carbocycles. The van der Waals surface area contributed by atoms with Gasteiger partial charge < -0.3 is 14.9 Å². The number of nitrogens with zero attached hydrogens (tertiary/aromatic N) is 1. The number of carboxylic acid groups (broad SMARTS) is 1. The zero-order chi connectivity index (χ0) is 11.4. The number of aryl methyl sites for hydroxylation is 1. The molecule has 1 aromatic heterocycles. The zero-order valence-corrected chi connectivity index (χ0v) is 8.48. The summed E-state index contributed by atoms with van der Waals surface area (Å²) < 4.78 is 4.70. The molecule has 0 fully saturated rings. The highest BCUT2D eigenvalue weighted by Gasteiger charge is 2.20. The molecule has 0 radical (unpaired) electrons. The van der Waals surface area contributed by atoms with E-state index in [2.05, 4.69) is 10.5 Å². The number of aromatic nitrogens is 1. The van der Waals surface area contributed by atoms with Crippen LogP contribution in [0.1, 0.15) is 29.5 Å². The molecule has 1 rings (SSSR count). The molecule has 0 bridgehead atoms. The largest absolute Gasteiger partial charge is 0.480 e. The number of hydrogen-bond donors (Lipinski definition) is 2. The number of rotatable bonds is 4. The van der Waals surface area contributed by atoms with Crippen LogP contribution in [0.25, 0.3) is 0 Å². The first-order valence-corrected chi connectivity index (χ1v) is 4.51. The summed E-state index contributed by atoms with van der Waals surface area (Å²) in [7, 11) is 0. The summed E-state index contributed by atoms with van der Waals surface area (Å²) in [6.07, 6.45) is 1.59. The molecule has 0 unspecified atom stereocenters. The van der Waals surface area contributed by atoms with Crippen LogP contribution >= 0.6 is 0 Å². The Morgan fingerprint density at radius 1 is 1.67 bits per heavy atom. The third kappa shape index (κ3) is 2.55. The molecule has 1 aromatic rings. The fourth-order valence-electron chi connectivity index (χ4n) is 1.09. The van der Waals surface area contributed by atoms with Crippen molar-refractivity contribution < 1.29 is 19.2 Å². The molecule has 0 aromatic carbocycles. The van der Waals surface area contributed by atoms with E-state index in [1.807, 2.05) is 0 Å².